The van der Waals surface area contributed by atoms with E-state index < -0.39 is 0 Å². The van der Waals surface area contributed by atoms with E-state index >= 15 is 0 Å². The lowest BCUT2D eigenvalue weighted by Gasteiger charge is -2.22. The molecule has 0 bridgehead atoms. The minimum Gasteiger partial charge on any atom is -0.355 e. The van der Waals surface area contributed by atoms with Crippen LogP contribution in [0.1, 0.15) is 27.9 Å². The number of aryl methyl sites for hydroxylation is 1. The van der Waals surface area contributed by atoms with E-state index in [1.165, 1.54) is 0 Å². The lowest BCUT2D eigenvalue weighted by atomic mass is 10.1. The monoisotopic (exact) mass is 379 g/mol. The van der Waals surface area contributed by atoms with E-state index in [0.717, 1.165) is 16.8 Å². The van der Waals surface area contributed by atoms with Gasteiger partial charge in [-0.2, -0.15) is 0 Å². The fraction of sp³-hybridized carbons (Fsp3) is 0.318. The van der Waals surface area contributed by atoms with E-state index in [9.17, 15) is 14.4 Å². The first-order chi connectivity index (χ1) is 13.4. The van der Waals surface area contributed by atoms with Crippen molar-refractivity contribution in [2.75, 3.05) is 25.5 Å². The number of benzene rings is 2. The molecule has 28 heavy (non-hydrogen) atoms. The third-order valence-corrected chi connectivity index (χ3v) is 5.06. The van der Waals surface area contributed by atoms with E-state index in [-0.39, 0.29) is 30.1 Å². The normalized spacial score (nSPS) is 16.2. The van der Waals surface area contributed by atoms with Gasteiger partial charge in [-0.05, 0) is 36.8 Å². The molecule has 1 aliphatic heterocycles. The molecule has 0 radical (unpaired) electrons. The Bertz CT molecular complexity index is 875. The fourth-order valence-corrected chi connectivity index (χ4v) is 3.42. The number of carbonyl (C=O) groups is 3. The van der Waals surface area contributed by atoms with Gasteiger partial charge in [0.05, 0.1) is 5.92 Å². The SMILES string of the molecule is CNC(=O)c1ccc(CN(C)C(=O)C2CC(=O)N(c3ccc(C)cc3)C2)cc1. The van der Waals surface area contributed by atoms with Gasteiger partial charge >= 0.3 is 0 Å². The van der Waals surface area contributed by atoms with Gasteiger partial charge in [-0.3, -0.25) is 14.4 Å². The average molecular weight is 379 g/mol. The van der Waals surface area contributed by atoms with E-state index in [1.807, 2.05) is 43.3 Å². The van der Waals surface area contributed by atoms with Gasteiger partial charge in [0.15, 0.2) is 0 Å². The zero-order chi connectivity index (χ0) is 20.3. The molecule has 1 saturated heterocycles. The van der Waals surface area contributed by atoms with Gasteiger partial charge in [0.25, 0.3) is 5.91 Å². The first kappa shape index (κ1) is 19.6. The third-order valence-electron chi connectivity index (χ3n) is 5.06. The van der Waals surface area contributed by atoms with Gasteiger partial charge in [-0.25, -0.2) is 0 Å². The van der Waals surface area contributed by atoms with Gasteiger partial charge in [0.1, 0.15) is 0 Å². The topological polar surface area (TPSA) is 69.7 Å². The maximum atomic E-state index is 12.8. The highest BCUT2D eigenvalue weighted by atomic mass is 16.2. The molecule has 1 aliphatic rings. The summed E-state index contributed by atoms with van der Waals surface area (Å²) in [4.78, 5) is 40.2. The van der Waals surface area contributed by atoms with Crippen molar-refractivity contribution in [2.24, 2.45) is 5.92 Å². The van der Waals surface area contributed by atoms with E-state index in [2.05, 4.69) is 5.32 Å². The van der Waals surface area contributed by atoms with Crippen LogP contribution in [0.25, 0.3) is 0 Å². The lowest BCUT2D eigenvalue weighted by Crippen LogP contribution is -2.34. The number of hydrogen-bond acceptors (Lipinski definition) is 3. The molecule has 6 nitrogen and oxygen atoms in total. The standard InChI is InChI=1S/C22H25N3O3/c1-15-4-10-19(11-5-15)25-14-18(12-20(25)26)22(28)24(3)13-16-6-8-17(9-7-16)21(27)23-2/h4-11,18H,12-14H2,1-3H3,(H,23,27). The Morgan fingerprint density at radius 1 is 1.11 bits per heavy atom. The molecule has 0 aromatic heterocycles. The maximum Gasteiger partial charge on any atom is 0.251 e. The molecular weight excluding hydrogens is 354 g/mol. The summed E-state index contributed by atoms with van der Waals surface area (Å²) < 4.78 is 0. The van der Waals surface area contributed by atoms with Crippen molar-refractivity contribution in [3.8, 4) is 0 Å². The quantitative estimate of drug-likeness (QED) is 0.867. The summed E-state index contributed by atoms with van der Waals surface area (Å²) in [5.74, 6) is -0.551. The molecule has 0 saturated carbocycles. The van der Waals surface area contributed by atoms with Crippen molar-refractivity contribution < 1.29 is 14.4 Å². The van der Waals surface area contributed by atoms with Crippen LogP contribution in [0.5, 0.6) is 0 Å². The summed E-state index contributed by atoms with van der Waals surface area (Å²) >= 11 is 0. The van der Waals surface area contributed by atoms with Crippen LogP contribution < -0.4 is 10.2 Å². The second kappa shape index (κ2) is 8.25. The largest absolute Gasteiger partial charge is 0.355 e. The number of nitrogens with one attached hydrogen (secondary N) is 1. The fourth-order valence-electron chi connectivity index (χ4n) is 3.42. The van der Waals surface area contributed by atoms with Gasteiger partial charge in [-0.1, -0.05) is 29.8 Å². The Kier molecular flexibility index (Phi) is 5.78. The average Bonchev–Trinajstić information content (AvgIpc) is 3.09. The molecule has 146 valence electrons. The summed E-state index contributed by atoms with van der Waals surface area (Å²) in [6, 6.07) is 14.9. The van der Waals surface area contributed by atoms with Gasteiger partial charge in [-0.15, -0.1) is 0 Å². The third kappa shape index (κ3) is 4.22. The minimum absolute atomic E-state index is 0.0227. The number of carbonyl (C=O) groups excluding carboxylic acids is 3. The summed E-state index contributed by atoms with van der Waals surface area (Å²) in [6.07, 6.45) is 0.229. The molecule has 2 aromatic rings. The smallest absolute Gasteiger partial charge is 0.251 e. The predicted molar refractivity (Wildman–Crippen MR) is 108 cm³/mol. The highest BCUT2D eigenvalue weighted by Crippen LogP contribution is 2.26. The van der Waals surface area contributed by atoms with Crippen LogP contribution in [-0.4, -0.2) is 43.3 Å². The zero-order valence-electron chi connectivity index (χ0n) is 16.4. The van der Waals surface area contributed by atoms with E-state index in [1.54, 1.807) is 36.0 Å². The van der Waals surface area contributed by atoms with E-state index in [4.69, 9.17) is 0 Å². The second-order valence-electron chi connectivity index (χ2n) is 7.21. The number of nitrogens with zero attached hydrogens (tertiary/aromatic N) is 2. The summed E-state index contributed by atoms with van der Waals surface area (Å²) in [7, 11) is 3.33. The Morgan fingerprint density at radius 2 is 1.75 bits per heavy atom. The first-order valence-corrected chi connectivity index (χ1v) is 9.32. The Hall–Kier alpha value is -3.15. The summed E-state index contributed by atoms with van der Waals surface area (Å²) in [6.45, 7) is 2.83. The minimum atomic E-state index is -0.344. The molecule has 0 aliphatic carbocycles. The zero-order valence-corrected chi connectivity index (χ0v) is 16.4. The molecule has 1 heterocycles. The Morgan fingerprint density at radius 3 is 2.36 bits per heavy atom. The van der Waals surface area contributed by atoms with Gasteiger partial charge < -0.3 is 15.1 Å². The molecular formula is C22H25N3O3. The van der Waals surface area contributed by atoms with Crippen LogP contribution >= 0.6 is 0 Å². The van der Waals surface area contributed by atoms with Crippen molar-refractivity contribution in [3.63, 3.8) is 0 Å². The van der Waals surface area contributed by atoms with Crippen LogP contribution in [0.15, 0.2) is 48.5 Å². The number of hydrogen-bond donors (Lipinski definition) is 1. The van der Waals surface area contributed by atoms with Crippen molar-refractivity contribution >= 4 is 23.4 Å². The predicted octanol–water partition coefficient (Wildman–Crippen LogP) is 2.37. The Balaban J connectivity index is 1.62. The first-order valence-electron chi connectivity index (χ1n) is 9.32. The van der Waals surface area contributed by atoms with Crippen molar-refractivity contribution in [1.29, 1.82) is 0 Å². The van der Waals surface area contributed by atoms with E-state index in [0.29, 0.717) is 18.7 Å². The van der Waals surface area contributed by atoms with Crippen LogP contribution in [-0.2, 0) is 16.1 Å². The van der Waals surface area contributed by atoms with Crippen LogP contribution in [0.2, 0.25) is 0 Å². The molecule has 3 amide bonds. The lowest BCUT2D eigenvalue weighted by molar-refractivity contribution is -0.135. The molecule has 0 spiro atoms. The van der Waals surface area contributed by atoms with Gasteiger partial charge in [0.2, 0.25) is 11.8 Å². The highest BCUT2D eigenvalue weighted by Gasteiger charge is 2.36. The molecule has 1 unspecified atom stereocenters. The summed E-state index contributed by atoms with van der Waals surface area (Å²) in [5.41, 5.74) is 3.47. The van der Waals surface area contributed by atoms with Crippen LogP contribution in [0.4, 0.5) is 5.69 Å². The molecule has 2 aromatic carbocycles. The molecule has 1 N–H and O–H groups in total. The van der Waals surface area contributed by atoms with Crippen molar-refractivity contribution in [1.82, 2.24) is 10.2 Å². The number of anilines is 1. The van der Waals surface area contributed by atoms with Crippen molar-refractivity contribution in [3.05, 3.63) is 65.2 Å². The highest BCUT2D eigenvalue weighted by molar-refractivity contribution is 6.00. The molecule has 6 heteroatoms. The second-order valence-corrected chi connectivity index (χ2v) is 7.21. The molecule has 1 atom stereocenters. The van der Waals surface area contributed by atoms with Crippen LogP contribution in [0, 0.1) is 12.8 Å². The summed E-state index contributed by atoms with van der Waals surface area (Å²) in [5, 5.41) is 2.58. The number of rotatable bonds is 5. The van der Waals surface area contributed by atoms with Crippen molar-refractivity contribution in [2.45, 2.75) is 19.9 Å². The number of amides is 3. The molecule has 1 fully saturated rings. The Labute approximate surface area is 165 Å². The van der Waals surface area contributed by atoms with Gasteiger partial charge in [0, 0.05) is 44.9 Å². The molecule has 3 rings (SSSR count). The van der Waals surface area contributed by atoms with Crippen LogP contribution in [0.3, 0.4) is 0 Å². The maximum absolute atomic E-state index is 12.8.